The van der Waals surface area contributed by atoms with Crippen molar-refractivity contribution in [2.75, 3.05) is 26.7 Å². The van der Waals surface area contributed by atoms with Gasteiger partial charge in [-0.1, -0.05) is 0 Å². The van der Waals surface area contributed by atoms with Crippen LogP contribution in [0.3, 0.4) is 0 Å². The monoisotopic (exact) mass is 185 g/mol. The van der Waals surface area contributed by atoms with Crippen LogP contribution in [0, 0.1) is 0 Å². The van der Waals surface area contributed by atoms with Crippen molar-refractivity contribution in [2.24, 2.45) is 0 Å². The van der Waals surface area contributed by atoms with Crippen LogP contribution in [0.1, 0.15) is 12.8 Å². The van der Waals surface area contributed by atoms with Gasteiger partial charge in [0, 0.05) is 33.1 Å². The summed E-state index contributed by atoms with van der Waals surface area (Å²) >= 11 is 0. The fourth-order valence-corrected chi connectivity index (χ4v) is 1.20. The zero-order valence-electron chi connectivity index (χ0n) is 7.80. The van der Waals surface area contributed by atoms with Gasteiger partial charge in [-0.3, -0.25) is 4.79 Å². The van der Waals surface area contributed by atoms with Crippen LogP contribution in [0.25, 0.3) is 0 Å². The van der Waals surface area contributed by atoms with Crippen molar-refractivity contribution in [1.82, 2.24) is 15.5 Å². The van der Waals surface area contributed by atoms with E-state index in [9.17, 15) is 9.59 Å². The summed E-state index contributed by atoms with van der Waals surface area (Å²) in [6.45, 7) is 2.51. The number of hydrogen-bond acceptors (Lipinski definition) is 2. The molecule has 0 atom stereocenters. The summed E-state index contributed by atoms with van der Waals surface area (Å²) in [7, 11) is 1.84. The minimum absolute atomic E-state index is 0.0463. The number of amides is 3. The molecule has 0 saturated carbocycles. The molecule has 2 fully saturated rings. The molecule has 0 spiro atoms. The van der Waals surface area contributed by atoms with Gasteiger partial charge in [-0.25, -0.2) is 4.79 Å². The largest absolute Gasteiger partial charge is 0.346 e. The Labute approximate surface area is 77.5 Å². The second-order valence-corrected chi connectivity index (χ2v) is 3.10. The summed E-state index contributed by atoms with van der Waals surface area (Å²) < 4.78 is 0. The van der Waals surface area contributed by atoms with Crippen LogP contribution in [-0.2, 0) is 4.79 Å². The van der Waals surface area contributed by atoms with Crippen LogP contribution >= 0.6 is 0 Å². The Bertz CT molecular complexity index is 198. The third-order valence-electron chi connectivity index (χ3n) is 2.01. The number of nitrogens with one attached hydrogen (secondary N) is 2. The van der Waals surface area contributed by atoms with Crippen molar-refractivity contribution in [3.8, 4) is 0 Å². The summed E-state index contributed by atoms with van der Waals surface area (Å²) in [5, 5.41) is 5.14. The van der Waals surface area contributed by atoms with Gasteiger partial charge in [0.05, 0.1) is 0 Å². The van der Waals surface area contributed by atoms with Gasteiger partial charge in [-0.2, -0.15) is 0 Å². The fraction of sp³-hybridized carbons (Fsp3) is 0.750. The predicted octanol–water partition coefficient (Wildman–Crippen LogP) is -0.462. The number of carbonyl (C=O) groups excluding carboxylic acids is 2. The molecule has 0 aromatic carbocycles. The van der Waals surface area contributed by atoms with Gasteiger partial charge >= 0.3 is 6.03 Å². The Kier molecular flexibility index (Phi) is 3.54. The quantitative estimate of drug-likeness (QED) is 0.536. The normalized spacial score (nSPS) is 20.5. The average Bonchev–Trinajstić information content (AvgIpc) is 2.67. The van der Waals surface area contributed by atoms with Gasteiger partial charge in [0.15, 0.2) is 0 Å². The highest BCUT2D eigenvalue weighted by molar-refractivity contribution is 5.77. The maximum absolute atomic E-state index is 10.5. The topological polar surface area (TPSA) is 61.4 Å². The van der Waals surface area contributed by atoms with E-state index in [-0.39, 0.29) is 6.03 Å². The first-order valence-corrected chi connectivity index (χ1v) is 4.46. The van der Waals surface area contributed by atoms with Crippen LogP contribution in [0.4, 0.5) is 4.79 Å². The number of hydrogen-bond donors (Lipinski definition) is 2. The molecule has 0 radical (unpaired) electrons. The molecule has 0 unspecified atom stereocenters. The van der Waals surface area contributed by atoms with Crippen LogP contribution in [-0.4, -0.2) is 43.5 Å². The van der Waals surface area contributed by atoms with E-state index in [1.807, 2.05) is 7.05 Å². The molecule has 0 aromatic heterocycles. The second-order valence-electron chi connectivity index (χ2n) is 3.10. The van der Waals surface area contributed by atoms with Gasteiger partial charge < -0.3 is 15.5 Å². The van der Waals surface area contributed by atoms with Crippen molar-refractivity contribution in [1.29, 1.82) is 0 Å². The summed E-state index contributed by atoms with van der Waals surface area (Å²) in [6, 6.07) is -0.0463. The first-order valence-electron chi connectivity index (χ1n) is 4.46. The maximum Gasteiger partial charge on any atom is 0.314 e. The van der Waals surface area contributed by atoms with E-state index in [0.29, 0.717) is 5.91 Å². The van der Waals surface area contributed by atoms with Crippen LogP contribution < -0.4 is 10.6 Å². The molecule has 2 N–H and O–H groups in total. The van der Waals surface area contributed by atoms with E-state index in [1.165, 1.54) is 0 Å². The number of nitrogens with zero attached hydrogens (tertiary/aromatic N) is 1. The molecule has 2 heterocycles. The minimum atomic E-state index is -0.0463. The standard InChI is InChI=1S/C5H9NO.C3H6N2O/c1-6-4-2-3-5(6)7;6-3-4-1-2-5-3/h2-4H2,1H3;1-2H2,(H2,4,5,6). The highest BCUT2D eigenvalue weighted by Gasteiger charge is 2.14. The van der Waals surface area contributed by atoms with E-state index in [0.717, 1.165) is 32.5 Å². The van der Waals surface area contributed by atoms with Gasteiger partial charge in [-0.15, -0.1) is 0 Å². The van der Waals surface area contributed by atoms with Crippen molar-refractivity contribution >= 4 is 11.9 Å². The van der Waals surface area contributed by atoms with Crippen LogP contribution in [0.5, 0.6) is 0 Å². The zero-order chi connectivity index (χ0) is 9.68. The third kappa shape index (κ3) is 3.31. The Hall–Kier alpha value is -1.26. The Morgan fingerprint density at radius 2 is 1.85 bits per heavy atom. The number of likely N-dealkylation sites (tertiary alicyclic amines) is 1. The Morgan fingerprint density at radius 1 is 1.23 bits per heavy atom. The van der Waals surface area contributed by atoms with E-state index in [2.05, 4.69) is 10.6 Å². The average molecular weight is 185 g/mol. The molecule has 2 rings (SSSR count). The predicted molar refractivity (Wildman–Crippen MR) is 48.3 cm³/mol. The van der Waals surface area contributed by atoms with Crippen molar-refractivity contribution < 1.29 is 9.59 Å². The van der Waals surface area contributed by atoms with Gasteiger partial charge in [0.2, 0.25) is 5.91 Å². The SMILES string of the molecule is CN1CCCC1=O.O=C1NCCN1. The Balaban J connectivity index is 0.000000132. The van der Waals surface area contributed by atoms with E-state index in [4.69, 9.17) is 0 Å². The van der Waals surface area contributed by atoms with Crippen molar-refractivity contribution in [2.45, 2.75) is 12.8 Å². The smallest absolute Gasteiger partial charge is 0.314 e. The first kappa shape index (κ1) is 9.83. The number of rotatable bonds is 0. The highest BCUT2D eigenvalue weighted by Crippen LogP contribution is 2.04. The lowest BCUT2D eigenvalue weighted by molar-refractivity contribution is -0.126. The summed E-state index contributed by atoms with van der Waals surface area (Å²) in [4.78, 5) is 22.3. The van der Waals surface area contributed by atoms with E-state index < -0.39 is 0 Å². The Morgan fingerprint density at radius 3 is 2.00 bits per heavy atom. The molecule has 2 aliphatic rings. The number of urea groups is 1. The second kappa shape index (κ2) is 4.69. The molecule has 0 aromatic rings. The zero-order valence-corrected chi connectivity index (χ0v) is 7.80. The third-order valence-corrected chi connectivity index (χ3v) is 2.01. The van der Waals surface area contributed by atoms with E-state index >= 15 is 0 Å². The molecule has 2 saturated heterocycles. The lowest BCUT2D eigenvalue weighted by Gasteiger charge is -2.03. The van der Waals surface area contributed by atoms with Crippen molar-refractivity contribution in [3.63, 3.8) is 0 Å². The van der Waals surface area contributed by atoms with Crippen LogP contribution in [0.15, 0.2) is 0 Å². The molecule has 74 valence electrons. The van der Waals surface area contributed by atoms with Gasteiger partial charge in [-0.05, 0) is 6.42 Å². The molecule has 13 heavy (non-hydrogen) atoms. The lowest BCUT2D eigenvalue weighted by Crippen LogP contribution is -2.20. The molecule has 2 aliphatic heterocycles. The van der Waals surface area contributed by atoms with Crippen LogP contribution in [0.2, 0.25) is 0 Å². The van der Waals surface area contributed by atoms with Gasteiger partial charge in [0.1, 0.15) is 0 Å². The first-order chi connectivity index (χ1) is 6.20. The minimum Gasteiger partial charge on any atom is -0.346 e. The molecule has 0 aliphatic carbocycles. The molecule has 0 bridgehead atoms. The fourth-order valence-electron chi connectivity index (χ4n) is 1.20. The molecule has 5 nitrogen and oxygen atoms in total. The highest BCUT2D eigenvalue weighted by atomic mass is 16.2. The van der Waals surface area contributed by atoms with Crippen molar-refractivity contribution in [3.05, 3.63) is 0 Å². The summed E-state index contributed by atoms with van der Waals surface area (Å²) in [6.07, 6.45) is 1.81. The number of carbonyl (C=O) groups is 2. The molecule has 5 heteroatoms. The van der Waals surface area contributed by atoms with E-state index in [1.54, 1.807) is 4.90 Å². The summed E-state index contributed by atoms with van der Waals surface area (Å²) in [5.74, 6) is 0.292. The summed E-state index contributed by atoms with van der Waals surface area (Å²) in [5.41, 5.74) is 0. The lowest BCUT2D eigenvalue weighted by atomic mass is 10.4. The maximum atomic E-state index is 10.5. The molecular weight excluding hydrogens is 170 g/mol. The van der Waals surface area contributed by atoms with Gasteiger partial charge in [0.25, 0.3) is 0 Å². The molecular formula is C8H15N3O2. The molecule has 3 amide bonds.